The maximum absolute atomic E-state index is 12.3. The van der Waals surface area contributed by atoms with E-state index >= 15 is 0 Å². The van der Waals surface area contributed by atoms with E-state index in [9.17, 15) is 9.90 Å². The third-order valence-electron chi connectivity index (χ3n) is 4.51. The number of H-pyrrole nitrogens is 1. The summed E-state index contributed by atoms with van der Waals surface area (Å²) in [7, 11) is 0. The molecule has 1 aromatic heterocycles. The van der Waals surface area contributed by atoms with E-state index in [1.54, 1.807) is 12.1 Å². The second-order valence-electron chi connectivity index (χ2n) is 6.08. The number of hydrogen-bond acceptors (Lipinski definition) is 3. The van der Waals surface area contributed by atoms with Crippen molar-refractivity contribution in [3.05, 3.63) is 30.0 Å². The van der Waals surface area contributed by atoms with Crippen LogP contribution in [-0.4, -0.2) is 29.1 Å². The predicted molar refractivity (Wildman–Crippen MR) is 83.0 cm³/mol. The third-order valence-corrected chi connectivity index (χ3v) is 4.51. The lowest BCUT2D eigenvalue weighted by atomic mass is 9.87. The van der Waals surface area contributed by atoms with Crippen molar-refractivity contribution >= 4 is 22.5 Å². The van der Waals surface area contributed by atoms with Crippen LogP contribution in [0.5, 0.6) is 0 Å². The van der Waals surface area contributed by atoms with Gasteiger partial charge in [0.2, 0.25) is 0 Å². The van der Waals surface area contributed by atoms with Crippen molar-refractivity contribution in [3.8, 4) is 0 Å². The molecule has 1 saturated carbocycles. The maximum atomic E-state index is 12.3. The summed E-state index contributed by atoms with van der Waals surface area (Å²) in [5.41, 5.74) is 7.72. The van der Waals surface area contributed by atoms with Crippen molar-refractivity contribution in [2.75, 3.05) is 18.9 Å². The van der Waals surface area contributed by atoms with E-state index in [0.29, 0.717) is 17.9 Å². The Morgan fingerprint density at radius 2 is 2.10 bits per heavy atom. The van der Waals surface area contributed by atoms with Gasteiger partial charge in [0.25, 0.3) is 5.91 Å². The van der Waals surface area contributed by atoms with Gasteiger partial charge in [-0.05, 0) is 37.1 Å². The van der Waals surface area contributed by atoms with Crippen LogP contribution in [0.25, 0.3) is 10.9 Å². The summed E-state index contributed by atoms with van der Waals surface area (Å²) >= 11 is 0. The van der Waals surface area contributed by atoms with Crippen LogP contribution in [0.15, 0.2) is 24.3 Å². The fraction of sp³-hybridized carbons (Fsp3) is 0.438. The van der Waals surface area contributed by atoms with Crippen molar-refractivity contribution in [3.63, 3.8) is 0 Å². The molecule has 1 aliphatic rings. The molecular formula is C16H21N3O2. The van der Waals surface area contributed by atoms with Crippen LogP contribution in [-0.2, 0) is 0 Å². The van der Waals surface area contributed by atoms with Gasteiger partial charge in [-0.3, -0.25) is 4.79 Å². The van der Waals surface area contributed by atoms with Crippen LogP contribution in [0.1, 0.15) is 36.2 Å². The zero-order chi connectivity index (χ0) is 14.9. The molecular weight excluding hydrogens is 266 g/mol. The van der Waals surface area contributed by atoms with Crippen LogP contribution in [0.3, 0.4) is 0 Å². The number of nitrogen functional groups attached to an aromatic ring is 1. The normalized spacial score (nSPS) is 17.2. The van der Waals surface area contributed by atoms with Crippen LogP contribution >= 0.6 is 0 Å². The average Bonchev–Trinajstić information content (AvgIpc) is 3.11. The number of aromatic amines is 1. The molecule has 0 atom stereocenters. The Hall–Kier alpha value is -2.01. The van der Waals surface area contributed by atoms with Gasteiger partial charge in [-0.1, -0.05) is 12.8 Å². The van der Waals surface area contributed by atoms with Crippen LogP contribution < -0.4 is 11.1 Å². The van der Waals surface area contributed by atoms with Crippen molar-refractivity contribution < 1.29 is 9.90 Å². The Bertz CT molecular complexity index is 657. The summed E-state index contributed by atoms with van der Waals surface area (Å²) in [6, 6.07) is 7.32. The summed E-state index contributed by atoms with van der Waals surface area (Å²) in [6.45, 7) is 0.663. The minimum absolute atomic E-state index is 0.133. The second kappa shape index (κ2) is 5.41. The number of amides is 1. The number of aromatic nitrogens is 1. The van der Waals surface area contributed by atoms with Crippen molar-refractivity contribution in [1.82, 2.24) is 10.3 Å². The number of carbonyl (C=O) groups excluding carboxylic acids is 1. The summed E-state index contributed by atoms with van der Waals surface area (Å²) in [5.74, 6) is -0.135. The molecule has 1 aromatic carbocycles. The van der Waals surface area contributed by atoms with Crippen LogP contribution in [0.4, 0.5) is 5.69 Å². The van der Waals surface area contributed by atoms with Crippen molar-refractivity contribution in [2.45, 2.75) is 25.7 Å². The van der Waals surface area contributed by atoms with Crippen molar-refractivity contribution in [2.24, 2.45) is 5.41 Å². The fourth-order valence-electron chi connectivity index (χ4n) is 3.15. The SMILES string of the molecule is Nc1ccc2[nH]c(C(=O)NCC3(CO)CCCC3)cc2c1. The first kappa shape index (κ1) is 13.9. The quantitative estimate of drug-likeness (QED) is 0.648. The van der Waals surface area contributed by atoms with Gasteiger partial charge in [-0.2, -0.15) is 0 Å². The lowest BCUT2D eigenvalue weighted by Crippen LogP contribution is -2.38. The molecule has 5 N–H and O–H groups in total. The molecule has 1 fully saturated rings. The number of nitrogens with one attached hydrogen (secondary N) is 2. The van der Waals surface area contributed by atoms with Crippen LogP contribution in [0, 0.1) is 5.41 Å². The Balaban J connectivity index is 1.72. The van der Waals surface area contributed by atoms with E-state index < -0.39 is 0 Å². The topological polar surface area (TPSA) is 91.1 Å². The smallest absolute Gasteiger partial charge is 0.267 e. The van der Waals surface area contributed by atoms with Gasteiger partial charge in [0.05, 0.1) is 6.61 Å². The standard InChI is InChI=1S/C16H21N3O2/c17-12-3-4-13-11(7-12)8-14(19-13)15(21)18-9-16(10-20)5-1-2-6-16/h3-4,7-8,19-20H,1-2,5-6,9-10,17H2,(H,18,21). The Labute approximate surface area is 123 Å². The lowest BCUT2D eigenvalue weighted by Gasteiger charge is -2.26. The zero-order valence-electron chi connectivity index (χ0n) is 12.0. The summed E-state index contributed by atoms with van der Waals surface area (Å²) in [4.78, 5) is 15.4. The number of benzene rings is 1. The Morgan fingerprint density at radius 1 is 1.33 bits per heavy atom. The third kappa shape index (κ3) is 2.74. The maximum Gasteiger partial charge on any atom is 0.267 e. The highest BCUT2D eigenvalue weighted by molar-refractivity contribution is 5.98. The second-order valence-corrected chi connectivity index (χ2v) is 6.08. The molecule has 0 bridgehead atoms. The first-order chi connectivity index (χ1) is 10.1. The van der Waals surface area contributed by atoms with Gasteiger partial charge >= 0.3 is 0 Å². The van der Waals surface area contributed by atoms with E-state index in [4.69, 9.17) is 5.73 Å². The van der Waals surface area contributed by atoms with E-state index in [1.165, 1.54) is 0 Å². The van der Waals surface area contributed by atoms with E-state index in [-0.39, 0.29) is 17.9 Å². The monoisotopic (exact) mass is 287 g/mol. The minimum Gasteiger partial charge on any atom is -0.399 e. The highest BCUT2D eigenvalue weighted by Crippen LogP contribution is 2.36. The fourth-order valence-corrected chi connectivity index (χ4v) is 3.15. The molecule has 0 unspecified atom stereocenters. The summed E-state index contributed by atoms with van der Waals surface area (Å²) < 4.78 is 0. The number of aliphatic hydroxyl groups is 1. The Kier molecular flexibility index (Phi) is 3.59. The van der Waals surface area contributed by atoms with E-state index in [2.05, 4.69) is 10.3 Å². The largest absolute Gasteiger partial charge is 0.399 e. The van der Waals surface area contributed by atoms with Gasteiger partial charge in [-0.15, -0.1) is 0 Å². The number of nitrogens with two attached hydrogens (primary N) is 1. The van der Waals surface area contributed by atoms with Gasteiger partial charge < -0.3 is 21.1 Å². The minimum atomic E-state index is -0.135. The molecule has 1 heterocycles. The predicted octanol–water partition coefficient (Wildman–Crippen LogP) is 2.03. The molecule has 1 aliphatic carbocycles. The molecule has 5 nitrogen and oxygen atoms in total. The molecule has 0 aliphatic heterocycles. The van der Waals surface area contributed by atoms with Crippen molar-refractivity contribution in [1.29, 1.82) is 0 Å². The number of carbonyl (C=O) groups is 1. The Morgan fingerprint density at radius 3 is 2.81 bits per heavy atom. The highest BCUT2D eigenvalue weighted by atomic mass is 16.3. The van der Waals surface area contributed by atoms with Gasteiger partial charge in [0.1, 0.15) is 5.69 Å². The molecule has 0 spiro atoms. The number of fused-ring (bicyclic) bond motifs is 1. The average molecular weight is 287 g/mol. The highest BCUT2D eigenvalue weighted by Gasteiger charge is 2.33. The lowest BCUT2D eigenvalue weighted by molar-refractivity contribution is 0.0877. The molecule has 21 heavy (non-hydrogen) atoms. The van der Waals surface area contributed by atoms with Gasteiger partial charge in [0, 0.05) is 28.6 Å². The van der Waals surface area contributed by atoms with E-state index in [1.807, 2.05) is 12.1 Å². The molecule has 3 rings (SSSR count). The van der Waals surface area contributed by atoms with E-state index in [0.717, 1.165) is 36.6 Å². The number of hydrogen-bond donors (Lipinski definition) is 4. The molecule has 1 amide bonds. The summed E-state index contributed by atoms with van der Waals surface area (Å²) in [6.07, 6.45) is 4.21. The molecule has 0 radical (unpaired) electrons. The molecule has 0 saturated heterocycles. The first-order valence-electron chi connectivity index (χ1n) is 7.39. The first-order valence-corrected chi connectivity index (χ1v) is 7.39. The van der Waals surface area contributed by atoms with Gasteiger partial charge in [-0.25, -0.2) is 0 Å². The van der Waals surface area contributed by atoms with Gasteiger partial charge in [0.15, 0.2) is 0 Å². The molecule has 112 valence electrons. The number of anilines is 1. The summed E-state index contributed by atoms with van der Waals surface area (Å²) in [5, 5.41) is 13.4. The molecule has 2 aromatic rings. The van der Waals surface area contributed by atoms with Crippen LogP contribution in [0.2, 0.25) is 0 Å². The molecule has 5 heteroatoms. The number of rotatable bonds is 4. The number of aliphatic hydroxyl groups excluding tert-OH is 1. The zero-order valence-corrected chi connectivity index (χ0v) is 12.0.